The largest absolute Gasteiger partial charge is 0.452 e. The lowest BCUT2D eigenvalue weighted by atomic mass is 10.2. The predicted octanol–water partition coefficient (Wildman–Crippen LogP) is 3.27. The Labute approximate surface area is 127 Å². The number of halogens is 1. The molecular weight excluding hydrogens is 320 g/mol. The summed E-state index contributed by atoms with van der Waals surface area (Å²) in [6, 6.07) is 1.85. The van der Waals surface area contributed by atoms with Gasteiger partial charge in [0.15, 0.2) is 5.75 Å². The van der Waals surface area contributed by atoms with E-state index >= 15 is 0 Å². The van der Waals surface area contributed by atoms with Gasteiger partial charge in [0.05, 0.1) is 12.4 Å². The molecule has 0 saturated carbocycles. The first-order chi connectivity index (χ1) is 9.60. The zero-order chi connectivity index (χ0) is 14.5. The van der Waals surface area contributed by atoms with Crippen molar-refractivity contribution in [3.63, 3.8) is 0 Å². The van der Waals surface area contributed by atoms with Crippen molar-refractivity contribution in [3.8, 4) is 11.5 Å². The fourth-order valence-electron chi connectivity index (χ4n) is 1.65. The Balaban J connectivity index is 2.30. The van der Waals surface area contributed by atoms with Crippen LogP contribution in [0.25, 0.3) is 0 Å². The van der Waals surface area contributed by atoms with E-state index in [1.165, 1.54) is 0 Å². The number of nitrogens with one attached hydrogen (secondary N) is 1. The number of pyridine rings is 1. The third-order valence-corrected chi connectivity index (χ3v) is 3.05. The van der Waals surface area contributed by atoms with Crippen LogP contribution in [-0.4, -0.2) is 22.0 Å². The van der Waals surface area contributed by atoms with Crippen LogP contribution in [0.15, 0.2) is 29.1 Å². The maximum Gasteiger partial charge on any atom is 0.168 e. The fourth-order valence-corrected chi connectivity index (χ4v) is 2.00. The molecule has 6 heteroatoms. The van der Waals surface area contributed by atoms with E-state index < -0.39 is 0 Å². The van der Waals surface area contributed by atoms with Crippen LogP contribution in [0.2, 0.25) is 0 Å². The van der Waals surface area contributed by atoms with E-state index in [-0.39, 0.29) is 5.92 Å². The zero-order valence-corrected chi connectivity index (χ0v) is 13.3. The summed E-state index contributed by atoms with van der Waals surface area (Å²) in [5.74, 6) is 2.39. The second kappa shape index (κ2) is 6.76. The maximum atomic E-state index is 5.82. The highest BCUT2D eigenvalue weighted by Gasteiger charge is 2.11. The standard InChI is InChI=1S/C14H17BrN4O/c1-9(2)14-18-8-13(12(19-14)7-16-3)20-11-4-10(15)5-17-6-11/h4-6,8-9,16H,7H2,1-3H3. The maximum absolute atomic E-state index is 5.82. The molecule has 2 aromatic heterocycles. The lowest BCUT2D eigenvalue weighted by Gasteiger charge is -2.12. The summed E-state index contributed by atoms with van der Waals surface area (Å²) in [5.41, 5.74) is 0.839. The van der Waals surface area contributed by atoms with Crippen molar-refractivity contribution in [3.05, 3.63) is 40.6 Å². The molecule has 2 aromatic rings. The first-order valence-electron chi connectivity index (χ1n) is 6.39. The molecule has 0 bridgehead atoms. The van der Waals surface area contributed by atoms with Crippen LogP contribution in [0.4, 0.5) is 0 Å². The van der Waals surface area contributed by atoms with Crippen LogP contribution in [0.5, 0.6) is 11.5 Å². The first kappa shape index (κ1) is 14.9. The minimum absolute atomic E-state index is 0.284. The van der Waals surface area contributed by atoms with Crippen molar-refractivity contribution < 1.29 is 4.74 Å². The minimum atomic E-state index is 0.284. The van der Waals surface area contributed by atoms with Crippen molar-refractivity contribution in [1.29, 1.82) is 0 Å². The Kier molecular flexibility index (Phi) is 5.03. The minimum Gasteiger partial charge on any atom is -0.452 e. The van der Waals surface area contributed by atoms with Crippen LogP contribution in [-0.2, 0) is 6.54 Å². The van der Waals surface area contributed by atoms with Crippen molar-refractivity contribution in [2.75, 3.05) is 7.05 Å². The zero-order valence-electron chi connectivity index (χ0n) is 11.7. The fraction of sp³-hybridized carbons (Fsp3) is 0.357. The third-order valence-electron chi connectivity index (χ3n) is 2.62. The molecule has 0 radical (unpaired) electrons. The average molecular weight is 337 g/mol. The van der Waals surface area contributed by atoms with Gasteiger partial charge in [-0.15, -0.1) is 0 Å². The van der Waals surface area contributed by atoms with Gasteiger partial charge in [0.25, 0.3) is 0 Å². The van der Waals surface area contributed by atoms with Gasteiger partial charge in [0.2, 0.25) is 0 Å². The third kappa shape index (κ3) is 3.74. The Hall–Kier alpha value is -1.53. The molecule has 0 aliphatic heterocycles. The van der Waals surface area contributed by atoms with Crippen LogP contribution >= 0.6 is 15.9 Å². The normalized spacial score (nSPS) is 10.8. The van der Waals surface area contributed by atoms with E-state index in [1.807, 2.05) is 13.1 Å². The smallest absolute Gasteiger partial charge is 0.168 e. The molecule has 0 aromatic carbocycles. The predicted molar refractivity (Wildman–Crippen MR) is 80.9 cm³/mol. The second-order valence-corrected chi connectivity index (χ2v) is 5.58. The van der Waals surface area contributed by atoms with Gasteiger partial charge < -0.3 is 10.1 Å². The van der Waals surface area contributed by atoms with Crippen LogP contribution in [0.1, 0.15) is 31.3 Å². The molecule has 2 heterocycles. The molecule has 0 atom stereocenters. The molecule has 0 aliphatic carbocycles. The molecule has 0 fully saturated rings. The lowest BCUT2D eigenvalue weighted by molar-refractivity contribution is 0.462. The molecule has 0 unspecified atom stereocenters. The van der Waals surface area contributed by atoms with Gasteiger partial charge >= 0.3 is 0 Å². The van der Waals surface area contributed by atoms with Crippen molar-refractivity contribution in [2.24, 2.45) is 0 Å². The number of aromatic nitrogens is 3. The van der Waals surface area contributed by atoms with E-state index in [4.69, 9.17) is 4.74 Å². The summed E-state index contributed by atoms with van der Waals surface area (Å²) >= 11 is 3.37. The van der Waals surface area contributed by atoms with Gasteiger partial charge in [-0.1, -0.05) is 13.8 Å². The van der Waals surface area contributed by atoms with Gasteiger partial charge in [0, 0.05) is 23.1 Å². The Bertz CT molecular complexity index is 589. The quantitative estimate of drug-likeness (QED) is 0.907. The van der Waals surface area contributed by atoms with Gasteiger partial charge in [0.1, 0.15) is 17.3 Å². The summed E-state index contributed by atoms with van der Waals surface area (Å²) in [7, 11) is 1.88. The molecule has 106 valence electrons. The summed E-state index contributed by atoms with van der Waals surface area (Å²) in [6.45, 7) is 4.76. The highest BCUT2D eigenvalue weighted by atomic mass is 79.9. The van der Waals surface area contributed by atoms with E-state index in [9.17, 15) is 0 Å². The second-order valence-electron chi connectivity index (χ2n) is 4.67. The van der Waals surface area contributed by atoms with E-state index in [0.29, 0.717) is 18.0 Å². The molecule has 0 amide bonds. The molecule has 2 rings (SSSR count). The van der Waals surface area contributed by atoms with E-state index in [1.54, 1.807) is 18.6 Å². The molecular formula is C14H17BrN4O. The topological polar surface area (TPSA) is 59.9 Å². The SMILES string of the molecule is CNCc1nc(C(C)C)ncc1Oc1cncc(Br)c1. The number of nitrogens with zero attached hydrogens (tertiary/aromatic N) is 3. The van der Waals surface area contributed by atoms with Crippen LogP contribution in [0.3, 0.4) is 0 Å². The number of hydrogen-bond donors (Lipinski definition) is 1. The highest BCUT2D eigenvalue weighted by Crippen LogP contribution is 2.26. The van der Waals surface area contributed by atoms with Gasteiger partial charge in [-0.05, 0) is 29.0 Å². The van der Waals surface area contributed by atoms with Crippen molar-refractivity contribution >= 4 is 15.9 Å². The Morgan fingerprint density at radius 1 is 1.30 bits per heavy atom. The molecule has 0 spiro atoms. The molecule has 20 heavy (non-hydrogen) atoms. The van der Waals surface area contributed by atoms with Crippen molar-refractivity contribution in [2.45, 2.75) is 26.3 Å². The lowest BCUT2D eigenvalue weighted by Crippen LogP contribution is -2.11. The summed E-state index contributed by atoms with van der Waals surface area (Å²) in [6.07, 6.45) is 5.08. The Morgan fingerprint density at radius 2 is 2.10 bits per heavy atom. The molecule has 5 nitrogen and oxygen atoms in total. The van der Waals surface area contributed by atoms with Crippen LogP contribution < -0.4 is 10.1 Å². The van der Waals surface area contributed by atoms with Gasteiger partial charge in [-0.25, -0.2) is 9.97 Å². The van der Waals surface area contributed by atoms with Crippen LogP contribution in [0, 0.1) is 0 Å². The van der Waals surface area contributed by atoms with Crippen molar-refractivity contribution in [1.82, 2.24) is 20.3 Å². The number of rotatable bonds is 5. The first-order valence-corrected chi connectivity index (χ1v) is 7.18. The molecule has 0 aliphatic rings. The van der Waals surface area contributed by atoms with Gasteiger partial charge in [-0.3, -0.25) is 4.98 Å². The van der Waals surface area contributed by atoms with E-state index in [0.717, 1.165) is 16.0 Å². The Morgan fingerprint density at radius 3 is 2.75 bits per heavy atom. The highest BCUT2D eigenvalue weighted by molar-refractivity contribution is 9.10. The average Bonchev–Trinajstić information content (AvgIpc) is 2.41. The summed E-state index contributed by atoms with van der Waals surface area (Å²) in [5, 5.41) is 3.09. The summed E-state index contributed by atoms with van der Waals surface area (Å²) < 4.78 is 6.69. The number of hydrogen-bond acceptors (Lipinski definition) is 5. The van der Waals surface area contributed by atoms with Gasteiger partial charge in [-0.2, -0.15) is 0 Å². The summed E-state index contributed by atoms with van der Waals surface area (Å²) in [4.78, 5) is 13.0. The monoisotopic (exact) mass is 336 g/mol. The number of ether oxygens (including phenoxy) is 1. The molecule has 1 N–H and O–H groups in total. The molecule has 0 saturated heterocycles. The van der Waals surface area contributed by atoms with E-state index in [2.05, 4.69) is 50.0 Å².